The van der Waals surface area contributed by atoms with Crippen LogP contribution in [0.4, 0.5) is 0 Å². The predicted molar refractivity (Wildman–Crippen MR) is 62.4 cm³/mol. The Morgan fingerprint density at radius 2 is 1.93 bits per heavy atom. The first-order valence-corrected chi connectivity index (χ1v) is 5.42. The van der Waals surface area contributed by atoms with Gasteiger partial charge < -0.3 is 5.73 Å². The van der Waals surface area contributed by atoms with Crippen LogP contribution in [0.5, 0.6) is 0 Å². The summed E-state index contributed by atoms with van der Waals surface area (Å²) >= 11 is 5.82. The minimum absolute atomic E-state index is 0.747. The van der Waals surface area contributed by atoms with Crippen LogP contribution in [0.3, 0.4) is 0 Å². The Morgan fingerprint density at radius 3 is 2.43 bits per heavy atom. The van der Waals surface area contributed by atoms with E-state index in [0.717, 1.165) is 30.8 Å². The molecule has 0 aliphatic rings. The van der Waals surface area contributed by atoms with E-state index in [1.54, 1.807) is 0 Å². The monoisotopic (exact) mass is 210 g/mol. The number of hydrogen-bond acceptors (Lipinski definition) is 1. The fourth-order valence-corrected chi connectivity index (χ4v) is 1.61. The van der Waals surface area contributed by atoms with Gasteiger partial charge in [0.05, 0.1) is 0 Å². The third-order valence-corrected chi connectivity index (χ3v) is 2.62. The van der Waals surface area contributed by atoms with Crippen LogP contribution < -0.4 is 5.73 Å². The smallest absolute Gasteiger partial charge is 0.0406 e. The maximum atomic E-state index is 5.82. The number of rotatable bonds is 5. The molecule has 14 heavy (non-hydrogen) atoms. The van der Waals surface area contributed by atoms with Crippen molar-refractivity contribution in [3.05, 3.63) is 40.8 Å². The Labute approximate surface area is 91.3 Å². The average Bonchev–Trinajstić information content (AvgIpc) is 2.20. The SMILES string of the molecule is CC[C](CCN)Cc1ccc(Cl)cc1. The lowest BCUT2D eigenvalue weighted by molar-refractivity contribution is 0.722. The van der Waals surface area contributed by atoms with E-state index in [-0.39, 0.29) is 0 Å². The quantitative estimate of drug-likeness (QED) is 0.794. The van der Waals surface area contributed by atoms with Gasteiger partial charge in [-0.05, 0) is 49.4 Å². The normalized spacial score (nSPS) is 10.9. The van der Waals surface area contributed by atoms with Crippen LogP contribution in [0, 0.1) is 5.92 Å². The maximum Gasteiger partial charge on any atom is 0.0406 e. The van der Waals surface area contributed by atoms with Crippen molar-refractivity contribution in [2.75, 3.05) is 6.54 Å². The highest BCUT2D eigenvalue weighted by Crippen LogP contribution is 2.18. The minimum Gasteiger partial charge on any atom is -0.330 e. The third kappa shape index (κ3) is 3.69. The largest absolute Gasteiger partial charge is 0.330 e. The molecule has 1 nitrogen and oxygen atoms in total. The minimum atomic E-state index is 0.747. The average molecular weight is 211 g/mol. The van der Waals surface area contributed by atoms with E-state index >= 15 is 0 Å². The van der Waals surface area contributed by atoms with Crippen LogP contribution >= 0.6 is 11.6 Å². The summed E-state index contributed by atoms with van der Waals surface area (Å²) < 4.78 is 0. The Kier molecular flexibility index (Phi) is 4.99. The molecule has 2 heteroatoms. The molecular weight excluding hydrogens is 194 g/mol. The summed E-state index contributed by atoms with van der Waals surface area (Å²) in [4.78, 5) is 0. The van der Waals surface area contributed by atoms with Gasteiger partial charge in [-0.25, -0.2) is 0 Å². The van der Waals surface area contributed by atoms with Gasteiger partial charge in [-0.1, -0.05) is 30.7 Å². The lowest BCUT2D eigenvalue weighted by atomic mass is 9.94. The molecule has 0 unspecified atom stereocenters. The van der Waals surface area contributed by atoms with Crippen LogP contribution in [0.1, 0.15) is 25.3 Å². The molecule has 0 spiro atoms. The molecular formula is C12H17ClN. The second kappa shape index (κ2) is 6.05. The van der Waals surface area contributed by atoms with Crippen molar-refractivity contribution < 1.29 is 0 Å². The van der Waals surface area contributed by atoms with Crippen molar-refractivity contribution >= 4 is 11.6 Å². The first-order valence-electron chi connectivity index (χ1n) is 5.04. The summed E-state index contributed by atoms with van der Waals surface area (Å²) in [7, 11) is 0. The van der Waals surface area contributed by atoms with E-state index in [0.29, 0.717) is 0 Å². The van der Waals surface area contributed by atoms with Crippen molar-refractivity contribution in [2.24, 2.45) is 5.73 Å². The first kappa shape index (κ1) is 11.5. The Hall–Kier alpha value is -0.530. The molecule has 0 aromatic heterocycles. The van der Waals surface area contributed by atoms with Crippen LogP contribution in [0.2, 0.25) is 5.02 Å². The highest BCUT2D eigenvalue weighted by Gasteiger charge is 2.06. The number of benzene rings is 1. The summed E-state index contributed by atoms with van der Waals surface area (Å²) in [5.74, 6) is 1.51. The summed E-state index contributed by atoms with van der Waals surface area (Å²) in [6.07, 6.45) is 3.17. The lowest BCUT2D eigenvalue weighted by Gasteiger charge is -2.12. The van der Waals surface area contributed by atoms with Crippen LogP contribution in [0.15, 0.2) is 24.3 Å². The Bertz CT molecular complexity index is 256. The second-order valence-electron chi connectivity index (χ2n) is 3.45. The van der Waals surface area contributed by atoms with E-state index in [9.17, 15) is 0 Å². The molecule has 0 saturated heterocycles. The molecule has 0 heterocycles. The maximum absolute atomic E-state index is 5.82. The number of hydrogen-bond donors (Lipinski definition) is 1. The molecule has 1 rings (SSSR count). The molecule has 0 fully saturated rings. The molecule has 1 aromatic carbocycles. The van der Waals surface area contributed by atoms with Gasteiger partial charge in [0.25, 0.3) is 0 Å². The van der Waals surface area contributed by atoms with Gasteiger partial charge in [-0.3, -0.25) is 0 Å². The molecule has 2 N–H and O–H groups in total. The van der Waals surface area contributed by atoms with Gasteiger partial charge in [0.2, 0.25) is 0 Å². The Balaban J connectivity index is 2.53. The molecule has 77 valence electrons. The molecule has 0 aliphatic heterocycles. The van der Waals surface area contributed by atoms with Crippen molar-refractivity contribution in [3.8, 4) is 0 Å². The second-order valence-corrected chi connectivity index (χ2v) is 3.88. The van der Waals surface area contributed by atoms with Gasteiger partial charge in [-0.15, -0.1) is 0 Å². The van der Waals surface area contributed by atoms with E-state index < -0.39 is 0 Å². The number of nitrogens with two attached hydrogens (primary N) is 1. The van der Waals surface area contributed by atoms with E-state index in [2.05, 4.69) is 19.1 Å². The van der Waals surface area contributed by atoms with Crippen molar-refractivity contribution in [3.63, 3.8) is 0 Å². The highest BCUT2D eigenvalue weighted by atomic mass is 35.5. The van der Waals surface area contributed by atoms with Gasteiger partial charge >= 0.3 is 0 Å². The molecule has 1 aromatic rings. The summed E-state index contributed by atoms with van der Waals surface area (Å²) in [6, 6.07) is 8.03. The Morgan fingerprint density at radius 1 is 1.29 bits per heavy atom. The van der Waals surface area contributed by atoms with E-state index in [1.165, 1.54) is 11.5 Å². The first-order chi connectivity index (χ1) is 6.76. The molecule has 0 saturated carbocycles. The fraction of sp³-hybridized carbons (Fsp3) is 0.417. The summed E-state index contributed by atoms with van der Waals surface area (Å²) in [6.45, 7) is 2.93. The topological polar surface area (TPSA) is 26.0 Å². The number of halogens is 1. The van der Waals surface area contributed by atoms with Crippen LogP contribution in [-0.2, 0) is 6.42 Å². The third-order valence-electron chi connectivity index (χ3n) is 2.37. The van der Waals surface area contributed by atoms with Crippen LogP contribution in [0.25, 0.3) is 0 Å². The molecule has 1 radical (unpaired) electrons. The van der Waals surface area contributed by atoms with E-state index in [4.69, 9.17) is 17.3 Å². The molecule has 0 amide bonds. The zero-order valence-corrected chi connectivity index (χ0v) is 9.35. The predicted octanol–water partition coefficient (Wildman–Crippen LogP) is 3.22. The van der Waals surface area contributed by atoms with Gasteiger partial charge in [0.15, 0.2) is 0 Å². The highest BCUT2D eigenvalue weighted by molar-refractivity contribution is 6.30. The van der Waals surface area contributed by atoms with Gasteiger partial charge in [0.1, 0.15) is 0 Å². The molecule has 0 aliphatic carbocycles. The zero-order chi connectivity index (χ0) is 10.4. The van der Waals surface area contributed by atoms with Gasteiger partial charge in [-0.2, -0.15) is 0 Å². The van der Waals surface area contributed by atoms with Gasteiger partial charge in [0, 0.05) is 5.02 Å². The zero-order valence-electron chi connectivity index (χ0n) is 8.59. The lowest BCUT2D eigenvalue weighted by Crippen LogP contribution is -2.08. The molecule has 0 atom stereocenters. The standard InChI is InChI=1S/C12H17ClN/c1-2-10(7-8-14)9-11-3-5-12(13)6-4-11/h3-6H,2,7-9,14H2,1H3. The fourth-order valence-electron chi connectivity index (χ4n) is 1.49. The molecule has 0 bridgehead atoms. The van der Waals surface area contributed by atoms with E-state index in [1.807, 2.05) is 12.1 Å². The summed E-state index contributed by atoms with van der Waals surface area (Å²) in [5.41, 5.74) is 6.86. The van der Waals surface area contributed by atoms with Crippen LogP contribution in [-0.4, -0.2) is 6.54 Å². The van der Waals surface area contributed by atoms with Crippen molar-refractivity contribution in [1.29, 1.82) is 0 Å². The van der Waals surface area contributed by atoms with Crippen molar-refractivity contribution in [2.45, 2.75) is 26.2 Å². The van der Waals surface area contributed by atoms with Crippen molar-refractivity contribution in [1.82, 2.24) is 0 Å². The summed E-state index contributed by atoms with van der Waals surface area (Å²) in [5, 5.41) is 0.797.